The Morgan fingerprint density at radius 1 is 1.00 bits per heavy atom. The predicted octanol–water partition coefficient (Wildman–Crippen LogP) is 6.95. The Balaban J connectivity index is 1.64. The van der Waals surface area contributed by atoms with Gasteiger partial charge in [0.15, 0.2) is 18.2 Å². The van der Waals surface area contributed by atoms with E-state index < -0.39 is 27.4 Å². The molecule has 0 radical (unpaired) electrons. The number of rotatable bonds is 6. The molecule has 0 amide bonds. The standard InChI is InChI=1S/C22H26F4OSi/c1-2-11-28-12-9-18(10-13-28)16-3-5-17(6-4-16)19-7-8-21(20(23)14-19)27-15-22(24,25)26/h3-8,14,18,28H,2,9-13,15H2,1H3/t18-,28-. The summed E-state index contributed by atoms with van der Waals surface area (Å²) in [6, 6.07) is 16.5. The third kappa shape index (κ3) is 5.60. The van der Waals surface area contributed by atoms with E-state index in [9.17, 15) is 17.6 Å². The van der Waals surface area contributed by atoms with Crippen molar-refractivity contribution in [2.75, 3.05) is 6.61 Å². The van der Waals surface area contributed by atoms with Crippen molar-refractivity contribution >= 4 is 8.80 Å². The van der Waals surface area contributed by atoms with Crippen LogP contribution in [0.2, 0.25) is 18.1 Å². The molecule has 0 atom stereocenters. The van der Waals surface area contributed by atoms with Crippen LogP contribution in [0.3, 0.4) is 0 Å². The fraction of sp³-hybridized carbons (Fsp3) is 0.455. The van der Waals surface area contributed by atoms with Crippen LogP contribution in [0.1, 0.15) is 37.7 Å². The highest BCUT2D eigenvalue weighted by atomic mass is 28.3. The smallest absolute Gasteiger partial charge is 0.422 e. The topological polar surface area (TPSA) is 9.23 Å². The molecule has 0 spiro atoms. The number of halogens is 4. The Bertz CT molecular complexity index is 765. The molecule has 2 aromatic carbocycles. The fourth-order valence-corrected chi connectivity index (χ4v) is 7.53. The average Bonchev–Trinajstić information content (AvgIpc) is 2.67. The minimum Gasteiger partial charge on any atom is -0.481 e. The first-order valence-electron chi connectivity index (χ1n) is 9.95. The molecule has 152 valence electrons. The molecular weight excluding hydrogens is 384 g/mol. The van der Waals surface area contributed by atoms with E-state index in [2.05, 4.69) is 23.8 Å². The van der Waals surface area contributed by atoms with Gasteiger partial charge in [-0.15, -0.1) is 0 Å². The summed E-state index contributed by atoms with van der Waals surface area (Å²) in [5, 5.41) is 0. The van der Waals surface area contributed by atoms with Crippen LogP contribution in [-0.2, 0) is 0 Å². The number of hydrogen-bond donors (Lipinski definition) is 0. The Morgan fingerprint density at radius 2 is 1.64 bits per heavy atom. The third-order valence-corrected chi connectivity index (χ3v) is 9.28. The van der Waals surface area contributed by atoms with Crippen molar-refractivity contribution in [1.29, 1.82) is 0 Å². The second kappa shape index (κ2) is 9.12. The van der Waals surface area contributed by atoms with Gasteiger partial charge in [0.05, 0.1) is 0 Å². The van der Waals surface area contributed by atoms with Gasteiger partial charge in [0, 0.05) is 8.80 Å². The molecule has 1 aliphatic heterocycles. The number of ether oxygens (including phenoxy) is 1. The van der Waals surface area contributed by atoms with Crippen molar-refractivity contribution in [2.45, 2.75) is 56.4 Å². The zero-order chi connectivity index (χ0) is 20.1. The summed E-state index contributed by atoms with van der Waals surface area (Å²) < 4.78 is 55.3. The third-order valence-electron chi connectivity index (χ3n) is 5.58. The summed E-state index contributed by atoms with van der Waals surface area (Å²) in [6.07, 6.45) is -0.627. The van der Waals surface area contributed by atoms with Gasteiger partial charge in [-0.2, -0.15) is 13.2 Å². The van der Waals surface area contributed by atoms with Crippen LogP contribution < -0.4 is 4.74 Å². The molecule has 28 heavy (non-hydrogen) atoms. The minimum atomic E-state index is -4.49. The Kier molecular flexibility index (Phi) is 6.80. The monoisotopic (exact) mass is 410 g/mol. The van der Waals surface area contributed by atoms with Gasteiger partial charge < -0.3 is 4.74 Å². The first-order chi connectivity index (χ1) is 13.4. The van der Waals surface area contributed by atoms with Gasteiger partial charge in [0.25, 0.3) is 0 Å². The molecule has 0 N–H and O–H groups in total. The lowest BCUT2D eigenvalue weighted by molar-refractivity contribution is -0.153. The van der Waals surface area contributed by atoms with Crippen molar-refractivity contribution in [3.8, 4) is 16.9 Å². The van der Waals surface area contributed by atoms with Gasteiger partial charge in [-0.25, -0.2) is 4.39 Å². The van der Waals surface area contributed by atoms with Crippen LogP contribution in [0, 0.1) is 5.82 Å². The van der Waals surface area contributed by atoms with E-state index in [1.54, 1.807) is 6.07 Å². The zero-order valence-electron chi connectivity index (χ0n) is 16.1. The molecule has 1 nitrogen and oxygen atoms in total. The van der Waals surface area contributed by atoms with Gasteiger partial charge in [-0.1, -0.05) is 61.8 Å². The lowest BCUT2D eigenvalue weighted by atomic mass is 9.92. The summed E-state index contributed by atoms with van der Waals surface area (Å²) in [6.45, 7) is 0.775. The molecule has 1 heterocycles. The Morgan fingerprint density at radius 3 is 2.21 bits per heavy atom. The highest BCUT2D eigenvalue weighted by Gasteiger charge is 2.29. The highest BCUT2D eigenvalue weighted by molar-refractivity contribution is 6.59. The maximum atomic E-state index is 14.1. The summed E-state index contributed by atoms with van der Waals surface area (Å²) in [5.74, 6) is -0.555. The van der Waals surface area contributed by atoms with Crippen LogP contribution in [-0.4, -0.2) is 21.6 Å². The largest absolute Gasteiger partial charge is 0.481 e. The number of hydrogen-bond acceptors (Lipinski definition) is 1. The van der Waals surface area contributed by atoms with Crippen molar-refractivity contribution < 1.29 is 22.3 Å². The van der Waals surface area contributed by atoms with Crippen molar-refractivity contribution in [1.82, 2.24) is 0 Å². The molecule has 1 fully saturated rings. The van der Waals surface area contributed by atoms with Crippen LogP contribution in [0.25, 0.3) is 11.1 Å². The highest BCUT2D eigenvalue weighted by Crippen LogP contribution is 2.36. The molecule has 0 aromatic heterocycles. The molecular formula is C22H26F4OSi. The van der Waals surface area contributed by atoms with E-state index >= 15 is 0 Å². The zero-order valence-corrected chi connectivity index (χ0v) is 17.2. The van der Waals surface area contributed by atoms with Crippen LogP contribution in [0.4, 0.5) is 17.6 Å². The maximum absolute atomic E-state index is 14.1. The first-order valence-corrected chi connectivity index (χ1v) is 12.4. The molecule has 0 unspecified atom stereocenters. The van der Waals surface area contributed by atoms with Crippen LogP contribution in [0.15, 0.2) is 42.5 Å². The summed E-state index contributed by atoms with van der Waals surface area (Å²) in [5.41, 5.74) is 2.81. The van der Waals surface area contributed by atoms with Gasteiger partial charge >= 0.3 is 6.18 Å². The quantitative estimate of drug-likeness (QED) is 0.370. The fourth-order valence-electron chi connectivity index (χ4n) is 4.10. The van der Waals surface area contributed by atoms with E-state index in [1.165, 1.54) is 55.1 Å². The molecule has 0 aliphatic carbocycles. The normalized spacial score (nSPS) is 20.2. The molecule has 0 saturated carbocycles. The summed E-state index contributed by atoms with van der Waals surface area (Å²) in [7, 11) is -0.499. The van der Waals surface area contributed by atoms with Crippen LogP contribution >= 0.6 is 0 Å². The summed E-state index contributed by atoms with van der Waals surface area (Å²) in [4.78, 5) is 0. The van der Waals surface area contributed by atoms with E-state index in [0.29, 0.717) is 11.5 Å². The van der Waals surface area contributed by atoms with Crippen molar-refractivity contribution in [2.24, 2.45) is 0 Å². The minimum absolute atomic E-state index is 0.384. The molecule has 2 aromatic rings. The van der Waals surface area contributed by atoms with Crippen molar-refractivity contribution in [3.63, 3.8) is 0 Å². The Labute approximate surface area is 165 Å². The van der Waals surface area contributed by atoms with E-state index in [4.69, 9.17) is 0 Å². The SMILES string of the molecule is CCC[Si@H]1CC[C@H](c2ccc(-c3ccc(OCC(F)(F)F)c(F)c3)cc2)CC1. The second-order valence-electron chi connectivity index (χ2n) is 7.68. The lowest BCUT2D eigenvalue weighted by Gasteiger charge is -2.27. The van der Waals surface area contributed by atoms with Gasteiger partial charge in [-0.05, 0) is 47.6 Å². The Hall–Kier alpha value is -1.82. The molecule has 0 bridgehead atoms. The van der Waals surface area contributed by atoms with E-state index in [1.807, 2.05) is 12.1 Å². The molecule has 3 rings (SSSR count). The van der Waals surface area contributed by atoms with Crippen molar-refractivity contribution in [3.05, 3.63) is 53.8 Å². The molecule has 1 aliphatic rings. The molecule has 6 heteroatoms. The maximum Gasteiger partial charge on any atom is 0.422 e. The van der Waals surface area contributed by atoms with E-state index in [-0.39, 0.29) is 5.75 Å². The first kappa shape index (κ1) is 20.9. The second-order valence-corrected chi connectivity index (χ2v) is 11.1. The van der Waals surface area contributed by atoms with Gasteiger partial charge in [0.2, 0.25) is 0 Å². The van der Waals surface area contributed by atoms with Crippen LogP contribution in [0.5, 0.6) is 5.75 Å². The predicted molar refractivity (Wildman–Crippen MR) is 107 cm³/mol. The summed E-state index contributed by atoms with van der Waals surface area (Å²) >= 11 is 0. The lowest BCUT2D eigenvalue weighted by Crippen LogP contribution is -2.20. The van der Waals surface area contributed by atoms with Gasteiger partial charge in [0.1, 0.15) is 0 Å². The van der Waals surface area contributed by atoms with Gasteiger partial charge in [-0.3, -0.25) is 0 Å². The number of alkyl halides is 3. The number of benzene rings is 2. The molecule has 1 saturated heterocycles. The van der Waals surface area contributed by atoms with E-state index in [0.717, 1.165) is 5.56 Å². The average molecular weight is 411 g/mol.